The largest absolute Gasteiger partial charge is 0.372 e. The van der Waals surface area contributed by atoms with Crippen LogP contribution in [0.5, 0.6) is 0 Å². The number of halogens is 2. The van der Waals surface area contributed by atoms with Gasteiger partial charge in [0.1, 0.15) is 27.7 Å². The first-order valence-corrected chi connectivity index (χ1v) is 10.5. The third-order valence-electron chi connectivity index (χ3n) is 5.03. The van der Waals surface area contributed by atoms with Gasteiger partial charge in [0.05, 0.1) is 0 Å². The number of hydrogen-bond donors (Lipinski definition) is 1. The molecule has 0 saturated heterocycles. The van der Waals surface area contributed by atoms with E-state index in [2.05, 4.69) is 10.4 Å². The smallest absolute Gasteiger partial charge is 0.273 e. The molecule has 0 saturated carbocycles. The van der Waals surface area contributed by atoms with Gasteiger partial charge in [0, 0.05) is 12.7 Å². The zero-order chi connectivity index (χ0) is 21.7. The van der Waals surface area contributed by atoms with Crippen molar-refractivity contribution in [2.24, 2.45) is 5.10 Å². The number of amides is 1. The average molecular weight is 434 g/mol. The molecule has 160 valence electrons. The number of hydrogen-bond acceptors (Lipinski definition) is 5. The maximum absolute atomic E-state index is 14.5. The summed E-state index contributed by atoms with van der Waals surface area (Å²) < 4.78 is 33.6. The Balaban J connectivity index is 2.13. The minimum atomic E-state index is -0.893. The number of nitrogens with one attached hydrogen (secondary N) is 1. The van der Waals surface area contributed by atoms with Crippen molar-refractivity contribution in [3.05, 3.63) is 71.3 Å². The summed E-state index contributed by atoms with van der Waals surface area (Å²) in [5.41, 5.74) is 0.896. The van der Waals surface area contributed by atoms with Crippen LogP contribution in [-0.4, -0.2) is 42.8 Å². The van der Waals surface area contributed by atoms with E-state index in [1.165, 1.54) is 23.9 Å². The molecule has 1 aliphatic heterocycles. The van der Waals surface area contributed by atoms with Crippen molar-refractivity contribution in [2.75, 3.05) is 20.7 Å². The van der Waals surface area contributed by atoms with Gasteiger partial charge in [-0.05, 0) is 57.1 Å². The number of nitrogens with zero attached hydrogens (tertiary/aromatic N) is 2. The van der Waals surface area contributed by atoms with Gasteiger partial charge >= 0.3 is 0 Å². The molecule has 30 heavy (non-hydrogen) atoms. The predicted octanol–water partition coefficient (Wildman–Crippen LogP) is 4.09. The van der Waals surface area contributed by atoms with Crippen molar-refractivity contribution in [3.63, 3.8) is 0 Å². The summed E-state index contributed by atoms with van der Waals surface area (Å²) in [5, 5.41) is 9.25. The third kappa shape index (κ3) is 4.40. The average Bonchev–Trinajstić information content (AvgIpc) is 3.15. The molecule has 1 aliphatic rings. The summed E-state index contributed by atoms with van der Waals surface area (Å²) in [5.74, 6) is -1.50. The summed E-state index contributed by atoms with van der Waals surface area (Å²) >= 11 is 1.27. The van der Waals surface area contributed by atoms with Crippen molar-refractivity contribution in [2.45, 2.75) is 30.7 Å². The number of thioether (sulfide) groups is 1. The number of carbonyl (C=O) groups excluding carboxylic acids is 1. The lowest BCUT2D eigenvalue weighted by Crippen LogP contribution is -2.46. The molecule has 0 aromatic heterocycles. The van der Waals surface area contributed by atoms with E-state index in [1.54, 1.807) is 6.92 Å². The molecule has 1 heterocycles. The van der Waals surface area contributed by atoms with E-state index in [9.17, 15) is 13.6 Å². The van der Waals surface area contributed by atoms with Crippen molar-refractivity contribution in [3.8, 4) is 0 Å². The van der Waals surface area contributed by atoms with Gasteiger partial charge in [-0.2, -0.15) is 5.10 Å². The van der Waals surface area contributed by atoms with Crippen LogP contribution >= 0.6 is 11.8 Å². The highest BCUT2D eigenvalue weighted by atomic mass is 32.2. The Morgan fingerprint density at radius 3 is 2.67 bits per heavy atom. The Bertz CT molecular complexity index is 926. The van der Waals surface area contributed by atoms with Crippen LogP contribution in [0.15, 0.2) is 53.6 Å². The number of ether oxygens (including phenoxy) is 1. The number of rotatable bonds is 8. The van der Waals surface area contributed by atoms with Crippen LogP contribution in [0.4, 0.5) is 8.78 Å². The van der Waals surface area contributed by atoms with E-state index < -0.39 is 22.6 Å². The Morgan fingerprint density at radius 1 is 1.27 bits per heavy atom. The SMILES string of the molecule is CNCCC[C@@]1(c2ccccc2)SC(c2cc(F)ccc2F)=NN1C(=O)[C@H](C)OC. The second-order valence-electron chi connectivity index (χ2n) is 7.02. The van der Waals surface area contributed by atoms with Gasteiger partial charge < -0.3 is 10.1 Å². The normalized spacial score (nSPS) is 19.6. The first-order chi connectivity index (χ1) is 14.4. The van der Waals surface area contributed by atoms with Crippen molar-refractivity contribution < 1.29 is 18.3 Å². The minimum Gasteiger partial charge on any atom is -0.372 e. The highest BCUT2D eigenvalue weighted by Crippen LogP contribution is 2.50. The lowest BCUT2D eigenvalue weighted by atomic mass is 9.99. The standard InChI is InChI=1S/C22H25F2N3O2S/c1-15(29-3)21(28)27-22(12-7-13-25-2,16-8-5-4-6-9-16)30-20(26-27)18-14-17(23)10-11-19(18)24/h4-6,8-11,14-15,25H,7,12-13H2,1-3H3/t15-,22-/m0/s1. The summed E-state index contributed by atoms with van der Waals surface area (Å²) in [7, 11) is 3.31. The number of benzene rings is 2. The molecule has 0 unspecified atom stereocenters. The lowest BCUT2D eigenvalue weighted by Gasteiger charge is -2.37. The monoisotopic (exact) mass is 433 g/mol. The zero-order valence-electron chi connectivity index (χ0n) is 17.2. The number of hydrazone groups is 1. The third-order valence-corrected chi connectivity index (χ3v) is 6.48. The molecule has 3 rings (SSSR count). The van der Waals surface area contributed by atoms with E-state index in [-0.39, 0.29) is 16.5 Å². The Labute approximate surface area is 179 Å². The molecule has 0 aliphatic carbocycles. The predicted molar refractivity (Wildman–Crippen MR) is 115 cm³/mol. The second kappa shape index (κ2) is 9.68. The van der Waals surface area contributed by atoms with Crippen LogP contribution in [0.25, 0.3) is 0 Å². The fraction of sp³-hybridized carbons (Fsp3) is 0.364. The van der Waals surface area contributed by atoms with Crippen molar-refractivity contribution in [1.29, 1.82) is 0 Å². The van der Waals surface area contributed by atoms with E-state index in [0.29, 0.717) is 6.42 Å². The van der Waals surface area contributed by atoms with Crippen LogP contribution < -0.4 is 5.32 Å². The van der Waals surface area contributed by atoms with Gasteiger partial charge in [-0.1, -0.05) is 42.1 Å². The molecular formula is C22H25F2N3O2S. The van der Waals surface area contributed by atoms with Crippen LogP contribution in [0.2, 0.25) is 0 Å². The molecule has 1 amide bonds. The molecule has 2 atom stereocenters. The minimum absolute atomic E-state index is 0.0364. The Morgan fingerprint density at radius 2 is 2.00 bits per heavy atom. The van der Waals surface area contributed by atoms with E-state index in [1.807, 2.05) is 37.4 Å². The molecule has 5 nitrogen and oxygen atoms in total. The Hall–Kier alpha value is -2.29. The van der Waals surface area contributed by atoms with Gasteiger partial charge in [0.2, 0.25) is 0 Å². The summed E-state index contributed by atoms with van der Waals surface area (Å²) in [6, 6.07) is 12.8. The van der Waals surface area contributed by atoms with Crippen LogP contribution in [0.3, 0.4) is 0 Å². The number of methoxy groups -OCH3 is 1. The maximum atomic E-state index is 14.5. The summed E-state index contributed by atoms with van der Waals surface area (Å²) in [4.78, 5) is 12.3. The molecule has 1 N–H and O–H groups in total. The molecule has 0 bridgehead atoms. The molecule has 2 aromatic carbocycles. The van der Waals surface area contributed by atoms with Crippen LogP contribution in [0, 0.1) is 11.6 Å². The van der Waals surface area contributed by atoms with E-state index in [0.717, 1.165) is 36.7 Å². The zero-order valence-corrected chi connectivity index (χ0v) is 18.0. The quantitative estimate of drug-likeness (QED) is 0.637. The van der Waals surface area contributed by atoms with Crippen LogP contribution in [0.1, 0.15) is 30.9 Å². The highest BCUT2D eigenvalue weighted by molar-refractivity contribution is 8.15. The Kier molecular flexibility index (Phi) is 7.23. The molecule has 0 spiro atoms. The molecular weight excluding hydrogens is 408 g/mol. The summed E-state index contributed by atoms with van der Waals surface area (Å²) in [6.07, 6.45) is 0.575. The molecule has 0 fully saturated rings. The first-order valence-electron chi connectivity index (χ1n) is 9.73. The highest BCUT2D eigenvalue weighted by Gasteiger charge is 2.49. The first kappa shape index (κ1) is 22.4. The topological polar surface area (TPSA) is 53.9 Å². The molecule has 0 radical (unpaired) electrons. The van der Waals surface area contributed by atoms with Gasteiger partial charge in [-0.25, -0.2) is 13.8 Å². The van der Waals surface area contributed by atoms with E-state index in [4.69, 9.17) is 4.74 Å². The lowest BCUT2D eigenvalue weighted by molar-refractivity contribution is -0.144. The van der Waals surface area contributed by atoms with Crippen molar-refractivity contribution >= 4 is 22.7 Å². The van der Waals surface area contributed by atoms with Gasteiger partial charge in [0.25, 0.3) is 5.91 Å². The fourth-order valence-corrected chi connectivity index (χ4v) is 4.78. The molecule has 2 aromatic rings. The fourth-order valence-electron chi connectivity index (χ4n) is 3.35. The second-order valence-corrected chi connectivity index (χ2v) is 8.28. The van der Waals surface area contributed by atoms with Crippen LogP contribution in [-0.2, 0) is 14.4 Å². The van der Waals surface area contributed by atoms with Crippen molar-refractivity contribution in [1.82, 2.24) is 10.3 Å². The van der Waals surface area contributed by atoms with Gasteiger partial charge in [-0.3, -0.25) is 4.79 Å². The maximum Gasteiger partial charge on any atom is 0.273 e. The molecule has 8 heteroatoms. The van der Waals surface area contributed by atoms with Gasteiger partial charge in [0.15, 0.2) is 0 Å². The number of carbonyl (C=O) groups is 1. The van der Waals surface area contributed by atoms with E-state index >= 15 is 0 Å². The summed E-state index contributed by atoms with van der Waals surface area (Å²) in [6.45, 7) is 2.38. The van der Waals surface area contributed by atoms with Gasteiger partial charge in [-0.15, -0.1) is 0 Å².